The summed E-state index contributed by atoms with van der Waals surface area (Å²) in [5.74, 6) is 0.901. The van der Waals surface area contributed by atoms with Gasteiger partial charge in [0, 0.05) is 0 Å². The molecule has 2 N–H and O–H groups in total. The monoisotopic (exact) mass is 344 g/mol. The van der Waals surface area contributed by atoms with Gasteiger partial charge in [-0.25, -0.2) is 4.98 Å². The Balaban J connectivity index is 1.70. The number of nitrogens with zero attached hydrogens (tertiary/aromatic N) is 1. The van der Waals surface area contributed by atoms with Crippen LogP contribution in [0.1, 0.15) is 26.0 Å². The smallest absolute Gasteiger partial charge is 0.320 e. The lowest BCUT2D eigenvalue weighted by Gasteiger charge is -2.15. The van der Waals surface area contributed by atoms with E-state index in [9.17, 15) is 9.90 Å². The van der Waals surface area contributed by atoms with Crippen molar-refractivity contribution in [2.24, 2.45) is 5.92 Å². The van der Waals surface area contributed by atoms with Gasteiger partial charge in [0.1, 0.15) is 11.8 Å². The minimum Gasteiger partial charge on any atom is -0.480 e. The van der Waals surface area contributed by atoms with Crippen molar-refractivity contribution < 1.29 is 14.3 Å². The molecule has 0 saturated carbocycles. The third kappa shape index (κ3) is 3.83. The summed E-state index contributed by atoms with van der Waals surface area (Å²) in [6.07, 6.45) is 0.584. The van der Waals surface area contributed by atoms with Crippen LogP contribution in [0.5, 0.6) is 0 Å². The highest BCUT2D eigenvalue weighted by Gasteiger charge is 2.19. The number of furan rings is 1. The number of carboxylic acids is 1. The Bertz CT molecular complexity index is 805. The number of hydrogen-bond acceptors (Lipinski definition) is 5. The summed E-state index contributed by atoms with van der Waals surface area (Å²) in [6.45, 7) is 4.40. The lowest BCUT2D eigenvalue weighted by molar-refractivity contribution is -0.140. The third-order valence-electron chi connectivity index (χ3n) is 3.69. The summed E-state index contributed by atoms with van der Waals surface area (Å²) < 4.78 is 6.94. The van der Waals surface area contributed by atoms with Gasteiger partial charge in [0.25, 0.3) is 0 Å². The van der Waals surface area contributed by atoms with Crippen LogP contribution in [0.15, 0.2) is 40.8 Å². The SMILES string of the molecule is CC(C)CC(NCc1ccc(-c2nc3ccccc3s2)o1)C(=O)O. The average molecular weight is 344 g/mol. The van der Waals surface area contributed by atoms with E-state index in [1.54, 1.807) is 11.3 Å². The quantitative estimate of drug-likeness (QED) is 0.673. The number of aliphatic carboxylic acids is 1. The molecule has 24 heavy (non-hydrogen) atoms. The molecule has 6 heteroatoms. The number of carboxylic acid groups (broad SMARTS) is 1. The highest BCUT2D eigenvalue weighted by atomic mass is 32.1. The van der Waals surface area contributed by atoms with Crippen LogP contribution in [0.25, 0.3) is 21.0 Å². The molecule has 0 saturated heterocycles. The first-order valence-corrected chi connectivity index (χ1v) is 8.75. The van der Waals surface area contributed by atoms with Crippen LogP contribution in [0.4, 0.5) is 0 Å². The lowest BCUT2D eigenvalue weighted by Crippen LogP contribution is -2.37. The fraction of sp³-hybridized carbons (Fsp3) is 0.333. The van der Waals surface area contributed by atoms with Crippen molar-refractivity contribution in [1.29, 1.82) is 0 Å². The zero-order chi connectivity index (χ0) is 17.1. The summed E-state index contributed by atoms with van der Waals surface area (Å²) in [6, 6.07) is 11.1. The number of nitrogens with one attached hydrogen (secondary N) is 1. The summed E-state index contributed by atoms with van der Waals surface area (Å²) >= 11 is 1.58. The van der Waals surface area contributed by atoms with Gasteiger partial charge in [-0.05, 0) is 36.6 Å². The van der Waals surface area contributed by atoms with Crippen molar-refractivity contribution in [2.75, 3.05) is 0 Å². The molecule has 126 valence electrons. The maximum atomic E-state index is 11.3. The van der Waals surface area contributed by atoms with Crippen molar-refractivity contribution in [3.05, 3.63) is 42.2 Å². The first-order chi connectivity index (χ1) is 11.5. The molecular weight excluding hydrogens is 324 g/mol. The number of thiazole rings is 1. The highest BCUT2D eigenvalue weighted by Crippen LogP contribution is 2.31. The van der Waals surface area contributed by atoms with Gasteiger partial charge in [-0.15, -0.1) is 11.3 Å². The van der Waals surface area contributed by atoms with Crippen LogP contribution < -0.4 is 5.32 Å². The highest BCUT2D eigenvalue weighted by molar-refractivity contribution is 7.21. The number of fused-ring (bicyclic) bond motifs is 1. The van der Waals surface area contributed by atoms with Gasteiger partial charge in [0.15, 0.2) is 10.8 Å². The molecule has 1 unspecified atom stereocenters. The van der Waals surface area contributed by atoms with E-state index in [0.29, 0.717) is 30.4 Å². The first kappa shape index (κ1) is 16.7. The molecule has 1 aromatic carbocycles. The van der Waals surface area contributed by atoms with E-state index in [4.69, 9.17) is 4.42 Å². The number of hydrogen-bond donors (Lipinski definition) is 2. The predicted octanol–water partition coefficient (Wildman–Crippen LogP) is 4.15. The first-order valence-electron chi connectivity index (χ1n) is 7.94. The molecular formula is C18H20N2O3S. The second kappa shape index (κ2) is 7.15. The second-order valence-electron chi connectivity index (χ2n) is 6.15. The number of carbonyl (C=O) groups is 1. The van der Waals surface area contributed by atoms with E-state index < -0.39 is 12.0 Å². The van der Waals surface area contributed by atoms with Crippen LogP contribution in [0.3, 0.4) is 0 Å². The van der Waals surface area contributed by atoms with Gasteiger partial charge in [-0.1, -0.05) is 26.0 Å². The number of benzene rings is 1. The fourth-order valence-electron chi connectivity index (χ4n) is 2.53. The van der Waals surface area contributed by atoms with E-state index in [2.05, 4.69) is 10.3 Å². The fourth-order valence-corrected chi connectivity index (χ4v) is 3.46. The molecule has 0 aliphatic heterocycles. The predicted molar refractivity (Wildman–Crippen MR) is 95.0 cm³/mol. The number of para-hydroxylation sites is 1. The van der Waals surface area contributed by atoms with Gasteiger partial charge in [-0.3, -0.25) is 10.1 Å². The Morgan fingerprint density at radius 2 is 2.08 bits per heavy atom. The van der Waals surface area contributed by atoms with Gasteiger partial charge in [0.2, 0.25) is 0 Å². The number of aromatic nitrogens is 1. The molecule has 1 atom stereocenters. The zero-order valence-corrected chi connectivity index (χ0v) is 14.5. The van der Waals surface area contributed by atoms with Crippen LogP contribution >= 0.6 is 11.3 Å². The Labute approximate surface area is 144 Å². The summed E-state index contributed by atoms with van der Waals surface area (Å²) in [4.78, 5) is 15.9. The molecule has 0 amide bonds. The van der Waals surface area contributed by atoms with Crippen molar-refractivity contribution >= 4 is 27.5 Å². The molecule has 0 radical (unpaired) electrons. The van der Waals surface area contributed by atoms with Gasteiger partial charge < -0.3 is 9.52 Å². The molecule has 2 aromatic heterocycles. The van der Waals surface area contributed by atoms with Gasteiger partial charge in [-0.2, -0.15) is 0 Å². The van der Waals surface area contributed by atoms with Gasteiger partial charge >= 0.3 is 5.97 Å². The zero-order valence-electron chi connectivity index (χ0n) is 13.7. The second-order valence-corrected chi connectivity index (χ2v) is 7.18. The van der Waals surface area contributed by atoms with E-state index in [-0.39, 0.29) is 0 Å². The summed E-state index contributed by atoms with van der Waals surface area (Å²) in [7, 11) is 0. The Morgan fingerprint density at radius 1 is 1.29 bits per heavy atom. The standard InChI is InChI=1S/C18H20N2O3S/c1-11(2)9-14(18(21)22)19-10-12-7-8-15(23-12)17-20-13-5-3-4-6-16(13)24-17/h3-8,11,14,19H,9-10H2,1-2H3,(H,21,22). The molecule has 0 aliphatic carbocycles. The van der Waals surface area contributed by atoms with Crippen molar-refractivity contribution in [2.45, 2.75) is 32.9 Å². The topological polar surface area (TPSA) is 75.4 Å². The molecule has 5 nitrogen and oxygen atoms in total. The van der Waals surface area contributed by atoms with E-state index >= 15 is 0 Å². The van der Waals surface area contributed by atoms with E-state index in [1.165, 1.54) is 0 Å². The van der Waals surface area contributed by atoms with E-state index in [0.717, 1.165) is 15.2 Å². The minimum absolute atomic E-state index is 0.313. The average Bonchev–Trinajstić information content (AvgIpc) is 3.17. The van der Waals surface area contributed by atoms with Crippen LogP contribution in [0, 0.1) is 5.92 Å². The molecule has 0 fully saturated rings. The molecule has 2 heterocycles. The van der Waals surface area contributed by atoms with Crippen molar-refractivity contribution in [3.63, 3.8) is 0 Å². The molecule has 0 aliphatic rings. The van der Waals surface area contributed by atoms with Gasteiger partial charge in [0.05, 0.1) is 16.8 Å². The van der Waals surface area contributed by atoms with Crippen LogP contribution in [0.2, 0.25) is 0 Å². The summed E-state index contributed by atoms with van der Waals surface area (Å²) in [5, 5.41) is 13.1. The normalized spacial score (nSPS) is 12.8. The Morgan fingerprint density at radius 3 is 2.79 bits per heavy atom. The van der Waals surface area contributed by atoms with Crippen molar-refractivity contribution in [3.8, 4) is 10.8 Å². The summed E-state index contributed by atoms with van der Waals surface area (Å²) in [5.41, 5.74) is 0.955. The third-order valence-corrected chi connectivity index (χ3v) is 4.75. The largest absolute Gasteiger partial charge is 0.480 e. The van der Waals surface area contributed by atoms with Crippen molar-refractivity contribution in [1.82, 2.24) is 10.3 Å². The van der Waals surface area contributed by atoms with Crippen LogP contribution in [-0.4, -0.2) is 22.1 Å². The minimum atomic E-state index is -0.832. The van der Waals surface area contributed by atoms with Crippen LogP contribution in [-0.2, 0) is 11.3 Å². The molecule has 3 aromatic rings. The molecule has 0 bridgehead atoms. The van der Waals surface area contributed by atoms with E-state index in [1.807, 2.05) is 50.2 Å². The maximum absolute atomic E-state index is 11.3. The Hall–Kier alpha value is -2.18. The maximum Gasteiger partial charge on any atom is 0.320 e. The number of rotatable bonds is 7. The molecule has 3 rings (SSSR count). The molecule has 0 spiro atoms. The lowest BCUT2D eigenvalue weighted by atomic mass is 10.0. The Kier molecular flexibility index (Phi) is 4.97.